The predicted octanol–water partition coefficient (Wildman–Crippen LogP) is 3.59. The first-order valence-electron chi connectivity index (χ1n) is 6.74. The van der Waals surface area contributed by atoms with Crippen LogP contribution in [0.2, 0.25) is 0 Å². The van der Waals surface area contributed by atoms with Gasteiger partial charge in [0.1, 0.15) is 0 Å². The fourth-order valence-electron chi connectivity index (χ4n) is 5.43. The minimum absolute atomic E-state index is 0.266. The highest BCUT2D eigenvalue weighted by Crippen LogP contribution is 2.87. The van der Waals surface area contributed by atoms with Crippen LogP contribution in [0.5, 0.6) is 0 Å². The summed E-state index contributed by atoms with van der Waals surface area (Å²) in [5.74, 6) is 2.89. The molecule has 3 saturated carbocycles. The second-order valence-electron chi connectivity index (χ2n) is 6.52. The van der Waals surface area contributed by atoms with Crippen molar-refractivity contribution in [1.82, 2.24) is 0 Å². The fourth-order valence-corrected chi connectivity index (χ4v) is 5.43. The Balaban J connectivity index is 1.84. The molecular weight excluding hydrogens is 196 g/mol. The van der Waals surface area contributed by atoms with E-state index in [2.05, 4.69) is 20.4 Å². The maximum Gasteiger partial charge on any atom is 0.155 e. The molecule has 16 heavy (non-hydrogen) atoms. The Morgan fingerprint density at radius 2 is 2.19 bits per heavy atom. The topological polar surface area (TPSA) is 17.1 Å². The van der Waals surface area contributed by atoms with Crippen molar-refractivity contribution in [2.75, 3.05) is 0 Å². The van der Waals surface area contributed by atoms with E-state index in [4.69, 9.17) is 0 Å². The summed E-state index contributed by atoms with van der Waals surface area (Å²) in [5.41, 5.74) is 1.08. The SMILES string of the molecule is C=CC(=O)CC1(CC)C2CC(C)CC23CC13. The first-order chi connectivity index (χ1) is 7.59. The number of ketones is 1. The maximum absolute atomic E-state index is 11.7. The lowest BCUT2D eigenvalue weighted by Crippen LogP contribution is -2.47. The molecular formula is C15H22O. The largest absolute Gasteiger partial charge is 0.295 e. The van der Waals surface area contributed by atoms with E-state index in [1.807, 2.05) is 0 Å². The Kier molecular flexibility index (Phi) is 1.98. The molecule has 0 aromatic rings. The van der Waals surface area contributed by atoms with Gasteiger partial charge in [0.25, 0.3) is 0 Å². The van der Waals surface area contributed by atoms with Crippen molar-refractivity contribution in [2.24, 2.45) is 28.6 Å². The van der Waals surface area contributed by atoms with E-state index >= 15 is 0 Å². The number of hydrogen-bond acceptors (Lipinski definition) is 1. The molecule has 0 N–H and O–H groups in total. The lowest BCUT2D eigenvalue weighted by molar-refractivity contribution is -0.124. The summed E-state index contributed by atoms with van der Waals surface area (Å²) in [7, 11) is 0. The van der Waals surface area contributed by atoms with Crippen LogP contribution in [0.15, 0.2) is 12.7 Å². The van der Waals surface area contributed by atoms with Gasteiger partial charge in [0.05, 0.1) is 0 Å². The van der Waals surface area contributed by atoms with Crippen LogP contribution >= 0.6 is 0 Å². The fraction of sp³-hybridized carbons (Fsp3) is 0.800. The van der Waals surface area contributed by atoms with Crippen molar-refractivity contribution in [3.63, 3.8) is 0 Å². The van der Waals surface area contributed by atoms with Crippen LogP contribution < -0.4 is 0 Å². The summed E-state index contributed by atoms with van der Waals surface area (Å²) in [6.07, 6.45) is 7.72. The van der Waals surface area contributed by atoms with Crippen LogP contribution in [-0.4, -0.2) is 5.78 Å². The zero-order valence-corrected chi connectivity index (χ0v) is 10.5. The molecule has 0 bridgehead atoms. The second-order valence-corrected chi connectivity index (χ2v) is 6.52. The van der Waals surface area contributed by atoms with E-state index in [0.29, 0.717) is 10.8 Å². The molecule has 0 aromatic heterocycles. The number of hydrogen-bond donors (Lipinski definition) is 0. The summed E-state index contributed by atoms with van der Waals surface area (Å²) in [4.78, 5) is 11.7. The first kappa shape index (κ1) is 10.6. The molecule has 0 heterocycles. The van der Waals surface area contributed by atoms with Crippen LogP contribution in [0.4, 0.5) is 0 Å². The highest BCUT2D eigenvalue weighted by atomic mass is 16.1. The minimum Gasteiger partial charge on any atom is -0.295 e. The summed E-state index contributed by atoms with van der Waals surface area (Å²) in [6, 6.07) is 0. The van der Waals surface area contributed by atoms with Crippen LogP contribution in [-0.2, 0) is 4.79 Å². The molecule has 1 spiro atoms. The Hall–Kier alpha value is -0.590. The van der Waals surface area contributed by atoms with Gasteiger partial charge in [0, 0.05) is 6.42 Å². The van der Waals surface area contributed by atoms with Crippen molar-refractivity contribution < 1.29 is 4.79 Å². The van der Waals surface area contributed by atoms with E-state index in [0.717, 1.165) is 24.2 Å². The van der Waals surface area contributed by atoms with Gasteiger partial charge in [-0.2, -0.15) is 0 Å². The standard InChI is InChI=1S/C15H22O/c1-4-11(16)8-14(5-2)12-6-10(3)7-15(12)9-13(14)15/h4,10,12-13H,1,5-9H2,2-3H3. The number of carbonyl (C=O) groups is 1. The monoisotopic (exact) mass is 218 g/mol. The molecule has 3 aliphatic rings. The molecule has 3 aliphatic carbocycles. The molecule has 5 atom stereocenters. The quantitative estimate of drug-likeness (QED) is 0.659. The van der Waals surface area contributed by atoms with Gasteiger partial charge in [-0.15, -0.1) is 0 Å². The zero-order valence-electron chi connectivity index (χ0n) is 10.5. The Morgan fingerprint density at radius 1 is 1.44 bits per heavy atom. The van der Waals surface area contributed by atoms with Gasteiger partial charge in [0.2, 0.25) is 0 Å². The Bertz CT molecular complexity index is 358. The number of allylic oxidation sites excluding steroid dienone is 1. The van der Waals surface area contributed by atoms with E-state index in [1.54, 1.807) is 0 Å². The van der Waals surface area contributed by atoms with Crippen molar-refractivity contribution in [1.29, 1.82) is 0 Å². The summed E-state index contributed by atoms with van der Waals surface area (Å²) in [5, 5.41) is 0. The average molecular weight is 218 g/mol. The molecule has 0 aliphatic heterocycles. The number of rotatable bonds is 4. The van der Waals surface area contributed by atoms with E-state index in [1.165, 1.54) is 31.8 Å². The predicted molar refractivity (Wildman–Crippen MR) is 65.0 cm³/mol. The summed E-state index contributed by atoms with van der Waals surface area (Å²) < 4.78 is 0. The second kappa shape index (κ2) is 3.00. The Labute approximate surface area is 98.3 Å². The minimum atomic E-state index is 0.266. The molecule has 1 nitrogen and oxygen atoms in total. The number of carbonyl (C=O) groups excluding carboxylic acids is 1. The third-order valence-corrected chi connectivity index (χ3v) is 5.96. The molecule has 5 unspecified atom stereocenters. The normalized spacial score (nSPS) is 52.5. The maximum atomic E-state index is 11.7. The zero-order chi connectivity index (χ0) is 11.6. The third kappa shape index (κ3) is 1.00. The lowest BCUT2D eigenvalue weighted by Gasteiger charge is -2.52. The van der Waals surface area contributed by atoms with Gasteiger partial charge in [-0.25, -0.2) is 0 Å². The third-order valence-electron chi connectivity index (χ3n) is 5.96. The van der Waals surface area contributed by atoms with Gasteiger partial charge in [0.15, 0.2) is 5.78 Å². The van der Waals surface area contributed by atoms with E-state index in [-0.39, 0.29) is 5.78 Å². The molecule has 1 heteroatoms. The van der Waals surface area contributed by atoms with E-state index < -0.39 is 0 Å². The highest BCUT2D eigenvalue weighted by molar-refractivity contribution is 5.90. The van der Waals surface area contributed by atoms with Crippen molar-refractivity contribution in [3.8, 4) is 0 Å². The molecule has 0 radical (unpaired) electrons. The van der Waals surface area contributed by atoms with Crippen LogP contribution in [0.25, 0.3) is 0 Å². The van der Waals surface area contributed by atoms with Crippen LogP contribution in [0.1, 0.15) is 46.0 Å². The van der Waals surface area contributed by atoms with Gasteiger partial charge in [-0.3, -0.25) is 4.79 Å². The molecule has 3 fully saturated rings. The van der Waals surface area contributed by atoms with Crippen LogP contribution in [0, 0.1) is 28.6 Å². The van der Waals surface area contributed by atoms with Crippen molar-refractivity contribution >= 4 is 5.78 Å². The van der Waals surface area contributed by atoms with Crippen molar-refractivity contribution in [2.45, 2.75) is 46.0 Å². The van der Waals surface area contributed by atoms with Gasteiger partial charge in [-0.1, -0.05) is 20.4 Å². The van der Waals surface area contributed by atoms with E-state index in [9.17, 15) is 4.79 Å². The lowest BCUT2D eigenvalue weighted by atomic mass is 9.52. The molecule has 88 valence electrons. The highest BCUT2D eigenvalue weighted by Gasteiger charge is 2.81. The molecule has 0 amide bonds. The van der Waals surface area contributed by atoms with Gasteiger partial charge < -0.3 is 0 Å². The smallest absolute Gasteiger partial charge is 0.155 e. The summed E-state index contributed by atoms with van der Waals surface area (Å²) >= 11 is 0. The first-order valence-corrected chi connectivity index (χ1v) is 6.74. The molecule has 3 rings (SSSR count). The van der Waals surface area contributed by atoms with Gasteiger partial charge >= 0.3 is 0 Å². The van der Waals surface area contributed by atoms with Crippen LogP contribution in [0.3, 0.4) is 0 Å². The molecule has 0 aromatic carbocycles. The Morgan fingerprint density at radius 3 is 2.81 bits per heavy atom. The molecule has 0 saturated heterocycles. The summed E-state index contributed by atoms with van der Waals surface area (Å²) in [6.45, 7) is 8.29. The van der Waals surface area contributed by atoms with Gasteiger partial charge in [-0.05, 0) is 60.3 Å². The average Bonchev–Trinajstić information content (AvgIpc) is 2.82. The van der Waals surface area contributed by atoms with Crippen molar-refractivity contribution in [3.05, 3.63) is 12.7 Å².